The highest BCUT2D eigenvalue weighted by Crippen LogP contribution is 2.29. The Bertz CT molecular complexity index is 1580. The van der Waals surface area contributed by atoms with E-state index in [1.165, 1.54) is 43.2 Å². The fourth-order valence-electron chi connectivity index (χ4n) is 4.30. The van der Waals surface area contributed by atoms with Crippen LogP contribution in [0.5, 0.6) is 5.75 Å². The predicted molar refractivity (Wildman–Crippen MR) is 164 cm³/mol. The molecular weight excluding hydrogens is 572 g/mol. The fraction of sp³-hybridized carbons (Fsp3) is 0.355. The lowest BCUT2D eigenvalue weighted by Gasteiger charge is -2.33. The van der Waals surface area contributed by atoms with Crippen molar-refractivity contribution in [3.05, 3.63) is 93.5 Å². The number of carbonyl (C=O) groups is 2. The van der Waals surface area contributed by atoms with Gasteiger partial charge in [0.1, 0.15) is 18.3 Å². The molecular formula is C31H38N4O7S. The van der Waals surface area contributed by atoms with Gasteiger partial charge in [0.25, 0.3) is 15.7 Å². The number of anilines is 1. The molecule has 0 heterocycles. The lowest BCUT2D eigenvalue weighted by atomic mass is 10.1. The molecule has 0 saturated heterocycles. The molecule has 1 atom stereocenters. The topological polar surface area (TPSA) is 139 Å². The maximum Gasteiger partial charge on any atom is 0.273 e. The smallest absolute Gasteiger partial charge is 0.273 e. The first-order valence-electron chi connectivity index (χ1n) is 13.6. The quantitative estimate of drug-likeness (QED) is 0.244. The highest BCUT2D eigenvalue weighted by Gasteiger charge is 2.34. The first-order valence-corrected chi connectivity index (χ1v) is 15.1. The summed E-state index contributed by atoms with van der Waals surface area (Å²) >= 11 is 0. The molecule has 3 aromatic rings. The van der Waals surface area contributed by atoms with Gasteiger partial charge in [-0.2, -0.15) is 0 Å². The molecule has 0 unspecified atom stereocenters. The van der Waals surface area contributed by atoms with Crippen LogP contribution in [0.3, 0.4) is 0 Å². The molecule has 43 heavy (non-hydrogen) atoms. The van der Waals surface area contributed by atoms with Crippen LogP contribution in [-0.2, 0) is 26.2 Å². The molecule has 0 spiro atoms. The number of hydrogen-bond acceptors (Lipinski definition) is 7. The molecule has 230 valence electrons. The van der Waals surface area contributed by atoms with Gasteiger partial charge in [-0.1, -0.05) is 35.9 Å². The second kappa shape index (κ2) is 13.2. The maximum atomic E-state index is 14.0. The number of nitrogens with one attached hydrogen (secondary N) is 1. The highest BCUT2D eigenvalue weighted by atomic mass is 32.2. The average molecular weight is 611 g/mol. The van der Waals surface area contributed by atoms with Crippen LogP contribution in [0.1, 0.15) is 44.4 Å². The van der Waals surface area contributed by atoms with Crippen LogP contribution in [0.25, 0.3) is 0 Å². The van der Waals surface area contributed by atoms with Crippen LogP contribution in [0.4, 0.5) is 11.4 Å². The summed E-state index contributed by atoms with van der Waals surface area (Å²) < 4.78 is 34.2. The zero-order valence-electron chi connectivity index (χ0n) is 25.5. The number of carbonyl (C=O) groups excluding carboxylic acids is 2. The number of methoxy groups -OCH3 is 1. The molecule has 0 aromatic heterocycles. The molecule has 0 saturated carbocycles. The Balaban J connectivity index is 2.10. The van der Waals surface area contributed by atoms with Gasteiger partial charge in [-0.05, 0) is 77.4 Å². The van der Waals surface area contributed by atoms with E-state index in [1.54, 1.807) is 19.1 Å². The molecule has 1 N–H and O–H groups in total. The molecule has 0 radical (unpaired) electrons. The van der Waals surface area contributed by atoms with Gasteiger partial charge in [0.15, 0.2) is 0 Å². The monoisotopic (exact) mass is 610 g/mol. The van der Waals surface area contributed by atoms with Crippen LogP contribution >= 0.6 is 0 Å². The molecule has 2 amide bonds. The van der Waals surface area contributed by atoms with Crippen LogP contribution in [-0.4, -0.2) is 55.3 Å². The number of nitro groups is 1. The van der Waals surface area contributed by atoms with Gasteiger partial charge < -0.3 is 15.0 Å². The number of benzene rings is 3. The Morgan fingerprint density at radius 1 is 1.00 bits per heavy atom. The lowest BCUT2D eigenvalue weighted by Crippen LogP contribution is -2.54. The Morgan fingerprint density at radius 2 is 1.60 bits per heavy atom. The molecule has 11 nitrogen and oxygen atoms in total. The second-order valence-electron chi connectivity index (χ2n) is 11.3. The van der Waals surface area contributed by atoms with E-state index in [2.05, 4.69) is 5.32 Å². The minimum atomic E-state index is -4.49. The maximum absolute atomic E-state index is 14.0. The number of aryl methyl sites for hydroxylation is 2. The summed E-state index contributed by atoms with van der Waals surface area (Å²) in [6, 6.07) is 16.1. The number of nitrogens with zero attached hydrogens (tertiary/aromatic N) is 3. The molecule has 0 aliphatic heterocycles. The van der Waals surface area contributed by atoms with E-state index in [0.29, 0.717) is 11.3 Å². The van der Waals surface area contributed by atoms with E-state index in [1.807, 2.05) is 52.0 Å². The first kappa shape index (κ1) is 33.1. The molecule has 12 heteroatoms. The van der Waals surface area contributed by atoms with Crippen molar-refractivity contribution in [1.82, 2.24) is 10.2 Å². The molecule has 3 rings (SSSR count). The molecule has 0 aliphatic carbocycles. The van der Waals surface area contributed by atoms with Gasteiger partial charge in [-0.15, -0.1) is 0 Å². The standard InChI is InChI=1S/C31H38N4O7S/c1-21-8-11-24(12-9-21)19-33(23(3)30(37)32-31(4,5)6)29(36)20-34(25-13-15-26(42-7)16-14-25)43(40,41)27-17-10-22(2)28(18-27)35(38)39/h8-18,23H,19-20H2,1-7H3,(H,32,37)/t23-/m0/s1. The summed E-state index contributed by atoms with van der Waals surface area (Å²) in [5, 5.41) is 14.5. The summed E-state index contributed by atoms with van der Waals surface area (Å²) in [5.41, 5.74) is 1.27. The normalized spacial score (nSPS) is 12.3. The summed E-state index contributed by atoms with van der Waals surface area (Å²) in [5.74, 6) is -0.578. The zero-order valence-corrected chi connectivity index (χ0v) is 26.3. The van der Waals surface area contributed by atoms with Gasteiger partial charge in [-0.25, -0.2) is 8.42 Å². The van der Waals surface area contributed by atoms with Crippen molar-refractivity contribution in [2.75, 3.05) is 18.0 Å². The molecule has 0 aliphatic rings. The van der Waals surface area contributed by atoms with Gasteiger partial charge in [0, 0.05) is 23.7 Å². The van der Waals surface area contributed by atoms with E-state index in [0.717, 1.165) is 21.5 Å². The van der Waals surface area contributed by atoms with E-state index in [9.17, 15) is 28.1 Å². The van der Waals surface area contributed by atoms with E-state index in [-0.39, 0.29) is 22.8 Å². The average Bonchev–Trinajstić information content (AvgIpc) is 2.94. The number of hydrogen-bond donors (Lipinski definition) is 1. The van der Waals surface area contributed by atoms with Crippen LogP contribution in [0.15, 0.2) is 71.6 Å². The molecule has 0 bridgehead atoms. The van der Waals surface area contributed by atoms with Crippen LogP contribution in [0.2, 0.25) is 0 Å². The SMILES string of the molecule is COc1ccc(N(CC(=O)N(Cc2ccc(C)cc2)[C@@H](C)C(=O)NC(C)(C)C)S(=O)(=O)c2ccc(C)c([N+](=O)[O-])c2)cc1. The number of nitro benzene ring substituents is 1. The van der Waals surface area contributed by atoms with Gasteiger partial charge >= 0.3 is 0 Å². The number of ether oxygens (including phenoxy) is 1. The third kappa shape index (κ3) is 8.31. The van der Waals surface area contributed by atoms with Crippen molar-refractivity contribution < 1.29 is 27.7 Å². The Hall–Kier alpha value is -4.45. The summed E-state index contributed by atoms with van der Waals surface area (Å²) in [7, 11) is -3.02. The third-order valence-electron chi connectivity index (χ3n) is 6.74. The minimum Gasteiger partial charge on any atom is -0.497 e. The van der Waals surface area contributed by atoms with Crippen molar-refractivity contribution in [2.45, 2.75) is 64.6 Å². The van der Waals surface area contributed by atoms with Crippen LogP contribution in [0, 0.1) is 24.0 Å². The summed E-state index contributed by atoms with van der Waals surface area (Å²) in [6.07, 6.45) is 0. The van der Waals surface area contributed by atoms with Crippen molar-refractivity contribution in [3.63, 3.8) is 0 Å². The minimum absolute atomic E-state index is 0.0460. The summed E-state index contributed by atoms with van der Waals surface area (Å²) in [6.45, 7) is 9.86. The predicted octanol–water partition coefficient (Wildman–Crippen LogP) is 4.75. The highest BCUT2D eigenvalue weighted by molar-refractivity contribution is 7.92. The zero-order chi connectivity index (χ0) is 32.1. The van der Waals surface area contributed by atoms with E-state index < -0.39 is 44.9 Å². The third-order valence-corrected chi connectivity index (χ3v) is 8.51. The van der Waals surface area contributed by atoms with E-state index >= 15 is 0 Å². The Morgan fingerprint density at radius 3 is 2.14 bits per heavy atom. The second-order valence-corrected chi connectivity index (χ2v) is 13.2. The van der Waals surface area contributed by atoms with Gasteiger partial charge in [0.2, 0.25) is 11.8 Å². The molecule has 3 aromatic carbocycles. The number of sulfonamides is 1. The van der Waals surface area contributed by atoms with E-state index in [4.69, 9.17) is 4.74 Å². The van der Waals surface area contributed by atoms with Crippen molar-refractivity contribution >= 4 is 33.2 Å². The summed E-state index contributed by atoms with van der Waals surface area (Å²) in [4.78, 5) is 39.2. The van der Waals surface area contributed by atoms with Crippen molar-refractivity contribution in [3.8, 4) is 5.75 Å². The van der Waals surface area contributed by atoms with Gasteiger partial charge in [0.05, 0.1) is 22.6 Å². The largest absolute Gasteiger partial charge is 0.497 e. The fourth-order valence-corrected chi connectivity index (χ4v) is 5.73. The number of amides is 2. The first-order chi connectivity index (χ1) is 20.0. The van der Waals surface area contributed by atoms with Crippen molar-refractivity contribution in [2.24, 2.45) is 0 Å². The molecule has 0 fully saturated rings. The lowest BCUT2D eigenvalue weighted by molar-refractivity contribution is -0.385. The Kier molecular flexibility index (Phi) is 10.2. The Labute approximate surface area is 252 Å². The van der Waals surface area contributed by atoms with Gasteiger partial charge in [-0.3, -0.25) is 24.0 Å². The van der Waals surface area contributed by atoms with Crippen molar-refractivity contribution in [1.29, 1.82) is 0 Å². The van der Waals surface area contributed by atoms with Crippen LogP contribution < -0.4 is 14.4 Å². The number of rotatable bonds is 11.